The second-order valence-electron chi connectivity index (χ2n) is 7.19. The number of hydrogen-bond donors (Lipinski definition) is 1. The first-order chi connectivity index (χ1) is 14.0. The summed E-state index contributed by atoms with van der Waals surface area (Å²) in [6.45, 7) is 0.616. The molecule has 2 heterocycles. The largest absolute Gasteiger partial charge is 0.378 e. The van der Waals surface area contributed by atoms with Gasteiger partial charge < -0.3 is 15.1 Å². The zero-order valence-corrected chi connectivity index (χ0v) is 16.4. The van der Waals surface area contributed by atoms with Crippen molar-refractivity contribution in [2.75, 3.05) is 35.8 Å². The molecule has 4 rings (SSSR count). The van der Waals surface area contributed by atoms with Gasteiger partial charge in [-0.25, -0.2) is 0 Å². The molecule has 0 atom stereocenters. The molecule has 2 amide bonds. The van der Waals surface area contributed by atoms with Gasteiger partial charge in [0.2, 0.25) is 0 Å². The summed E-state index contributed by atoms with van der Waals surface area (Å²) >= 11 is 0. The van der Waals surface area contributed by atoms with E-state index in [9.17, 15) is 9.59 Å². The lowest BCUT2D eigenvalue weighted by molar-refractivity contribution is 0.0987. The SMILES string of the molecule is CN(C)c1cccc(C(=O)Nc2ccc3c(c2)N(C(=O)c2cccnc2)CC3)c1. The Balaban J connectivity index is 1.56. The highest BCUT2D eigenvalue weighted by molar-refractivity contribution is 6.08. The minimum Gasteiger partial charge on any atom is -0.378 e. The van der Waals surface area contributed by atoms with Crippen LogP contribution in [0.4, 0.5) is 17.1 Å². The van der Waals surface area contributed by atoms with Crippen LogP contribution in [-0.2, 0) is 6.42 Å². The van der Waals surface area contributed by atoms with Gasteiger partial charge in [-0.2, -0.15) is 0 Å². The average Bonchev–Trinajstić information content (AvgIpc) is 3.17. The molecule has 0 spiro atoms. The molecule has 1 aromatic heterocycles. The van der Waals surface area contributed by atoms with E-state index in [1.807, 2.05) is 55.4 Å². The maximum Gasteiger partial charge on any atom is 0.259 e. The van der Waals surface area contributed by atoms with Crippen molar-refractivity contribution in [3.05, 3.63) is 83.7 Å². The Bertz CT molecular complexity index is 1060. The summed E-state index contributed by atoms with van der Waals surface area (Å²) in [6.07, 6.45) is 4.01. The van der Waals surface area contributed by atoms with Crippen LogP contribution in [0.3, 0.4) is 0 Å². The van der Waals surface area contributed by atoms with Crippen LogP contribution in [0.1, 0.15) is 26.3 Å². The van der Waals surface area contributed by atoms with Crippen LogP contribution in [0.5, 0.6) is 0 Å². The number of anilines is 3. The van der Waals surface area contributed by atoms with Crippen molar-refractivity contribution in [3.63, 3.8) is 0 Å². The third-order valence-corrected chi connectivity index (χ3v) is 5.02. The average molecular weight is 386 g/mol. The molecule has 146 valence electrons. The number of fused-ring (bicyclic) bond motifs is 1. The summed E-state index contributed by atoms with van der Waals surface area (Å²) in [5, 5.41) is 2.95. The van der Waals surface area contributed by atoms with Crippen molar-refractivity contribution in [2.45, 2.75) is 6.42 Å². The lowest BCUT2D eigenvalue weighted by Crippen LogP contribution is -2.29. The van der Waals surface area contributed by atoms with Gasteiger partial charge in [0, 0.05) is 55.7 Å². The van der Waals surface area contributed by atoms with E-state index in [-0.39, 0.29) is 11.8 Å². The summed E-state index contributed by atoms with van der Waals surface area (Å²) in [6, 6.07) is 16.7. The van der Waals surface area contributed by atoms with Gasteiger partial charge >= 0.3 is 0 Å². The normalized spacial score (nSPS) is 12.4. The van der Waals surface area contributed by atoms with Crippen molar-refractivity contribution in [1.29, 1.82) is 0 Å². The molecule has 1 aliphatic rings. The van der Waals surface area contributed by atoms with Crippen molar-refractivity contribution in [3.8, 4) is 0 Å². The first kappa shape index (κ1) is 18.7. The fourth-order valence-corrected chi connectivity index (χ4v) is 3.44. The Morgan fingerprint density at radius 2 is 1.86 bits per heavy atom. The summed E-state index contributed by atoms with van der Waals surface area (Å²) in [4.78, 5) is 33.3. The highest BCUT2D eigenvalue weighted by atomic mass is 16.2. The smallest absolute Gasteiger partial charge is 0.259 e. The number of pyridine rings is 1. The fraction of sp³-hybridized carbons (Fsp3) is 0.174. The van der Waals surface area contributed by atoms with Gasteiger partial charge in [-0.1, -0.05) is 12.1 Å². The van der Waals surface area contributed by atoms with Gasteiger partial charge in [0.1, 0.15) is 0 Å². The molecule has 1 aliphatic heterocycles. The fourth-order valence-electron chi connectivity index (χ4n) is 3.44. The highest BCUT2D eigenvalue weighted by Crippen LogP contribution is 2.32. The lowest BCUT2D eigenvalue weighted by Gasteiger charge is -2.18. The number of carbonyl (C=O) groups is 2. The van der Waals surface area contributed by atoms with Crippen LogP contribution >= 0.6 is 0 Å². The van der Waals surface area contributed by atoms with Gasteiger partial charge in [-0.3, -0.25) is 14.6 Å². The number of carbonyl (C=O) groups excluding carboxylic acids is 2. The number of amides is 2. The number of aromatic nitrogens is 1. The topological polar surface area (TPSA) is 65.5 Å². The summed E-state index contributed by atoms with van der Waals surface area (Å²) < 4.78 is 0. The van der Waals surface area contributed by atoms with Crippen LogP contribution in [0, 0.1) is 0 Å². The number of nitrogens with one attached hydrogen (secondary N) is 1. The van der Waals surface area contributed by atoms with E-state index in [0.29, 0.717) is 23.4 Å². The number of benzene rings is 2. The van der Waals surface area contributed by atoms with E-state index < -0.39 is 0 Å². The third-order valence-electron chi connectivity index (χ3n) is 5.02. The van der Waals surface area contributed by atoms with Crippen LogP contribution in [-0.4, -0.2) is 37.4 Å². The Morgan fingerprint density at radius 1 is 1.03 bits per heavy atom. The summed E-state index contributed by atoms with van der Waals surface area (Å²) in [5.74, 6) is -0.268. The van der Waals surface area contributed by atoms with Crippen molar-refractivity contribution >= 4 is 28.9 Å². The van der Waals surface area contributed by atoms with Crippen LogP contribution in [0.15, 0.2) is 67.0 Å². The molecule has 6 nitrogen and oxygen atoms in total. The predicted octanol–water partition coefficient (Wildman–Crippen LogP) is 3.60. The molecule has 0 saturated carbocycles. The highest BCUT2D eigenvalue weighted by Gasteiger charge is 2.26. The Labute approximate surface area is 169 Å². The van der Waals surface area contributed by atoms with E-state index >= 15 is 0 Å². The van der Waals surface area contributed by atoms with E-state index in [0.717, 1.165) is 23.4 Å². The van der Waals surface area contributed by atoms with Crippen LogP contribution < -0.4 is 15.1 Å². The monoisotopic (exact) mass is 386 g/mol. The van der Waals surface area contributed by atoms with E-state index in [2.05, 4.69) is 10.3 Å². The predicted molar refractivity (Wildman–Crippen MR) is 115 cm³/mol. The van der Waals surface area contributed by atoms with Gasteiger partial charge in [0.05, 0.1) is 5.56 Å². The number of hydrogen-bond acceptors (Lipinski definition) is 4. The molecule has 3 aromatic rings. The number of rotatable bonds is 4. The molecule has 2 aromatic carbocycles. The second kappa shape index (κ2) is 7.75. The lowest BCUT2D eigenvalue weighted by atomic mass is 10.1. The minimum atomic E-state index is -0.184. The van der Waals surface area contributed by atoms with E-state index in [1.165, 1.54) is 0 Å². The molecule has 6 heteroatoms. The van der Waals surface area contributed by atoms with Crippen LogP contribution in [0.2, 0.25) is 0 Å². The molecule has 0 aliphatic carbocycles. The van der Waals surface area contributed by atoms with Crippen LogP contribution in [0.25, 0.3) is 0 Å². The van der Waals surface area contributed by atoms with Gasteiger partial charge in [0.25, 0.3) is 11.8 Å². The van der Waals surface area contributed by atoms with Crippen molar-refractivity contribution < 1.29 is 9.59 Å². The molecular weight excluding hydrogens is 364 g/mol. The van der Waals surface area contributed by atoms with E-state index in [4.69, 9.17) is 0 Å². The van der Waals surface area contributed by atoms with Gasteiger partial charge in [-0.15, -0.1) is 0 Å². The maximum atomic E-state index is 12.9. The first-order valence-electron chi connectivity index (χ1n) is 9.46. The van der Waals surface area contributed by atoms with Gasteiger partial charge in [-0.05, 0) is 54.4 Å². The number of nitrogens with zero attached hydrogens (tertiary/aromatic N) is 3. The van der Waals surface area contributed by atoms with Crippen molar-refractivity contribution in [1.82, 2.24) is 4.98 Å². The molecule has 0 radical (unpaired) electrons. The molecule has 0 fully saturated rings. The minimum absolute atomic E-state index is 0.0842. The Kier molecular flexibility index (Phi) is 4.99. The third kappa shape index (κ3) is 3.82. The van der Waals surface area contributed by atoms with Crippen molar-refractivity contribution in [2.24, 2.45) is 0 Å². The zero-order valence-electron chi connectivity index (χ0n) is 16.4. The summed E-state index contributed by atoms with van der Waals surface area (Å²) in [7, 11) is 3.87. The second-order valence-corrected chi connectivity index (χ2v) is 7.19. The molecular formula is C23H22N4O2. The summed E-state index contributed by atoms with van der Waals surface area (Å²) in [5.41, 5.74) is 4.68. The first-order valence-corrected chi connectivity index (χ1v) is 9.46. The van der Waals surface area contributed by atoms with E-state index in [1.54, 1.807) is 35.5 Å². The molecule has 1 N–H and O–H groups in total. The maximum absolute atomic E-state index is 12.9. The van der Waals surface area contributed by atoms with Gasteiger partial charge in [0.15, 0.2) is 0 Å². The Morgan fingerprint density at radius 3 is 2.62 bits per heavy atom. The standard InChI is InChI=1S/C23H22N4O2/c1-26(2)20-7-3-5-17(13-20)22(28)25-19-9-8-16-10-12-27(21(16)14-19)23(29)18-6-4-11-24-15-18/h3-9,11,13-15H,10,12H2,1-2H3,(H,25,28). The molecule has 0 unspecified atom stereocenters. The molecule has 0 saturated heterocycles. The molecule has 29 heavy (non-hydrogen) atoms. The molecule has 0 bridgehead atoms. The quantitative estimate of drug-likeness (QED) is 0.744. The Hall–Kier alpha value is -3.67. The zero-order chi connectivity index (χ0) is 20.4.